The van der Waals surface area contributed by atoms with Gasteiger partial charge in [-0.15, -0.1) is 11.8 Å². The maximum atomic E-state index is 13.0. The van der Waals surface area contributed by atoms with Crippen LogP contribution in [0.2, 0.25) is 5.02 Å². The number of hydrogen-bond acceptors (Lipinski definition) is 3. The number of ketones is 1. The first kappa shape index (κ1) is 15.1. The van der Waals surface area contributed by atoms with Crippen LogP contribution in [-0.2, 0) is 0 Å². The molecule has 0 unspecified atom stereocenters. The number of carbonyl (C=O) groups is 1. The van der Waals surface area contributed by atoms with Crippen molar-refractivity contribution in [2.75, 3.05) is 6.26 Å². The van der Waals surface area contributed by atoms with Gasteiger partial charge in [0.15, 0.2) is 5.78 Å². The maximum Gasteiger partial charge on any atom is 0.197 e. The molecule has 0 N–H and O–H groups in total. The molecule has 0 bridgehead atoms. The van der Waals surface area contributed by atoms with E-state index in [9.17, 15) is 4.79 Å². The third-order valence-corrected chi connectivity index (χ3v) is 4.67. The molecule has 0 aliphatic rings. The van der Waals surface area contributed by atoms with Crippen LogP contribution in [0.5, 0.6) is 0 Å². The highest BCUT2D eigenvalue weighted by Gasteiger charge is 2.21. The van der Waals surface area contributed by atoms with E-state index in [1.165, 1.54) is 11.8 Å². The number of fused-ring (bicyclic) bond motifs is 1. The normalized spacial score (nSPS) is 10.9. The van der Waals surface area contributed by atoms with Crippen LogP contribution >= 0.6 is 23.4 Å². The molecule has 4 heteroatoms. The first-order chi connectivity index (χ1) is 10.6. The van der Waals surface area contributed by atoms with Crippen LogP contribution in [-0.4, -0.2) is 17.0 Å². The average Bonchev–Trinajstić information content (AvgIpc) is 2.54. The number of benzene rings is 2. The molecule has 0 spiro atoms. The number of pyridine rings is 1. The van der Waals surface area contributed by atoms with Crippen molar-refractivity contribution in [2.45, 2.75) is 11.9 Å². The Kier molecular flexibility index (Phi) is 4.19. The second-order valence-corrected chi connectivity index (χ2v) is 6.15. The van der Waals surface area contributed by atoms with Crippen molar-refractivity contribution in [3.8, 4) is 0 Å². The highest BCUT2D eigenvalue weighted by Crippen LogP contribution is 2.31. The molecule has 3 aromatic rings. The number of halogens is 1. The fourth-order valence-electron chi connectivity index (χ4n) is 2.54. The van der Waals surface area contributed by atoms with Crippen LogP contribution in [0.4, 0.5) is 0 Å². The predicted molar refractivity (Wildman–Crippen MR) is 93.1 cm³/mol. The van der Waals surface area contributed by atoms with Gasteiger partial charge in [-0.05, 0) is 36.9 Å². The molecule has 0 aliphatic heterocycles. The minimum Gasteiger partial charge on any atom is -0.288 e. The SMILES string of the molecule is CSc1nc2ccccc2c(C)c1C(=O)c1ccccc1Cl. The van der Waals surface area contributed by atoms with Gasteiger partial charge in [0.25, 0.3) is 0 Å². The Morgan fingerprint density at radius 1 is 1.09 bits per heavy atom. The van der Waals surface area contributed by atoms with Crippen molar-refractivity contribution in [3.05, 3.63) is 70.2 Å². The molecule has 1 aromatic heterocycles. The van der Waals surface area contributed by atoms with Gasteiger partial charge in [-0.25, -0.2) is 4.98 Å². The van der Waals surface area contributed by atoms with Crippen molar-refractivity contribution in [1.82, 2.24) is 4.98 Å². The van der Waals surface area contributed by atoms with Crippen molar-refractivity contribution in [1.29, 1.82) is 0 Å². The lowest BCUT2D eigenvalue weighted by molar-refractivity contribution is 0.103. The van der Waals surface area contributed by atoms with Gasteiger partial charge in [0, 0.05) is 10.9 Å². The maximum absolute atomic E-state index is 13.0. The summed E-state index contributed by atoms with van der Waals surface area (Å²) >= 11 is 7.67. The van der Waals surface area contributed by atoms with E-state index in [4.69, 9.17) is 11.6 Å². The number of para-hydroxylation sites is 1. The van der Waals surface area contributed by atoms with Crippen LogP contribution in [0, 0.1) is 6.92 Å². The minimum absolute atomic E-state index is 0.0781. The van der Waals surface area contributed by atoms with E-state index < -0.39 is 0 Å². The van der Waals surface area contributed by atoms with E-state index in [-0.39, 0.29) is 5.78 Å². The fourth-order valence-corrected chi connectivity index (χ4v) is 3.40. The van der Waals surface area contributed by atoms with Gasteiger partial charge in [-0.1, -0.05) is 41.9 Å². The summed E-state index contributed by atoms with van der Waals surface area (Å²) in [5, 5.41) is 2.20. The van der Waals surface area contributed by atoms with E-state index in [2.05, 4.69) is 4.98 Å². The van der Waals surface area contributed by atoms with Crippen LogP contribution < -0.4 is 0 Å². The number of thioether (sulfide) groups is 1. The highest BCUT2D eigenvalue weighted by atomic mass is 35.5. The summed E-state index contributed by atoms with van der Waals surface area (Å²) in [6.07, 6.45) is 1.93. The largest absolute Gasteiger partial charge is 0.288 e. The Bertz CT molecular complexity index is 876. The molecule has 110 valence electrons. The molecule has 22 heavy (non-hydrogen) atoms. The van der Waals surface area contributed by atoms with Crippen molar-refractivity contribution in [2.24, 2.45) is 0 Å². The van der Waals surface area contributed by atoms with Gasteiger partial charge < -0.3 is 0 Å². The minimum atomic E-state index is -0.0781. The summed E-state index contributed by atoms with van der Waals surface area (Å²) in [4.78, 5) is 17.6. The lowest BCUT2D eigenvalue weighted by atomic mass is 9.98. The lowest BCUT2D eigenvalue weighted by Gasteiger charge is -2.13. The summed E-state index contributed by atoms with van der Waals surface area (Å²) in [5.74, 6) is -0.0781. The smallest absolute Gasteiger partial charge is 0.197 e. The van der Waals surface area contributed by atoms with Gasteiger partial charge in [0.05, 0.1) is 16.1 Å². The average molecular weight is 328 g/mol. The number of aryl methyl sites for hydroxylation is 1. The van der Waals surface area contributed by atoms with Gasteiger partial charge >= 0.3 is 0 Å². The zero-order chi connectivity index (χ0) is 15.7. The monoisotopic (exact) mass is 327 g/mol. The molecule has 0 saturated heterocycles. The van der Waals surface area contributed by atoms with Gasteiger partial charge in [0.1, 0.15) is 5.03 Å². The molecule has 2 aromatic carbocycles. The van der Waals surface area contributed by atoms with E-state index in [1.54, 1.807) is 12.1 Å². The quantitative estimate of drug-likeness (QED) is 0.492. The molecule has 2 nitrogen and oxygen atoms in total. The van der Waals surface area contributed by atoms with Gasteiger partial charge in [-0.3, -0.25) is 4.79 Å². The summed E-state index contributed by atoms with van der Waals surface area (Å²) in [6, 6.07) is 15.0. The van der Waals surface area contributed by atoms with Crippen LogP contribution in [0.15, 0.2) is 53.6 Å². The first-order valence-corrected chi connectivity index (χ1v) is 8.46. The molecule has 0 amide bonds. The number of hydrogen-bond donors (Lipinski definition) is 0. The Morgan fingerprint density at radius 3 is 2.50 bits per heavy atom. The molecule has 0 aliphatic carbocycles. The highest BCUT2D eigenvalue weighted by molar-refractivity contribution is 7.98. The summed E-state index contributed by atoms with van der Waals surface area (Å²) in [7, 11) is 0. The zero-order valence-electron chi connectivity index (χ0n) is 12.3. The standard InChI is InChI=1S/C18H14ClNOS/c1-11-12-7-4-6-10-15(12)20-18(22-2)16(11)17(21)13-8-3-5-9-14(13)19/h3-10H,1-2H3. The van der Waals surface area contributed by atoms with Crippen LogP contribution in [0.1, 0.15) is 21.5 Å². The summed E-state index contributed by atoms with van der Waals surface area (Å²) < 4.78 is 0. The Labute approximate surface area is 138 Å². The van der Waals surface area contributed by atoms with Gasteiger partial charge in [-0.2, -0.15) is 0 Å². The van der Waals surface area contributed by atoms with Gasteiger partial charge in [0.2, 0.25) is 0 Å². The molecule has 3 rings (SSSR count). The van der Waals surface area contributed by atoms with E-state index in [1.807, 2.05) is 49.6 Å². The molecule has 0 atom stereocenters. The van der Waals surface area contributed by atoms with Crippen LogP contribution in [0.3, 0.4) is 0 Å². The Balaban J connectivity index is 2.28. The molecule has 0 saturated carbocycles. The second-order valence-electron chi connectivity index (χ2n) is 4.95. The Morgan fingerprint density at radius 2 is 1.77 bits per heavy atom. The number of carbonyl (C=O) groups excluding carboxylic acids is 1. The van der Waals surface area contributed by atoms with Crippen molar-refractivity contribution in [3.63, 3.8) is 0 Å². The van der Waals surface area contributed by atoms with Crippen molar-refractivity contribution < 1.29 is 4.79 Å². The zero-order valence-corrected chi connectivity index (χ0v) is 13.8. The van der Waals surface area contributed by atoms with E-state index in [0.29, 0.717) is 16.1 Å². The third-order valence-electron chi connectivity index (χ3n) is 3.66. The fraction of sp³-hybridized carbons (Fsp3) is 0.111. The van der Waals surface area contributed by atoms with E-state index >= 15 is 0 Å². The number of aromatic nitrogens is 1. The predicted octanol–water partition coefficient (Wildman–Crippen LogP) is 5.15. The summed E-state index contributed by atoms with van der Waals surface area (Å²) in [6.45, 7) is 1.97. The number of nitrogens with zero attached hydrogens (tertiary/aromatic N) is 1. The van der Waals surface area contributed by atoms with Crippen molar-refractivity contribution >= 4 is 40.0 Å². The third kappa shape index (κ3) is 2.51. The molecular formula is C18H14ClNOS. The molecule has 0 radical (unpaired) electrons. The second kappa shape index (κ2) is 6.11. The Hall–Kier alpha value is -1.84. The molecule has 1 heterocycles. The summed E-state index contributed by atoms with van der Waals surface area (Å²) in [5.41, 5.74) is 3.00. The first-order valence-electron chi connectivity index (χ1n) is 6.86. The number of rotatable bonds is 3. The molecular weight excluding hydrogens is 314 g/mol. The lowest BCUT2D eigenvalue weighted by Crippen LogP contribution is -2.08. The van der Waals surface area contributed by atoms with Crippen LogP contribution in [0.25, 0.3) is 10.9 Å². The molecule has 0 fully saturated rings. The topological polar surface area (TPSA) is 30.0 Å². The van der Waals surface area contributed by atoms with E-state index in [0.717, 1.165) is 21.5 Å².